The monoisotopic (exact) mass is 491 g/mol. The van der Waals surface area contributed by atoms with Crippen molar-refractivity contribution in [1.29, 1.82) is 0 Å². The van der Waals surface area contributed by atoms with Gasteiger partial charge in [0.2, 0.25) is 5.91 Å². The number of para-hydroxylation sites is 1. The number of hydrogen-bond acceptors (Lipinski definition) is 5. The largest absolute Gasteiger partial charge is 0.340 e. The summed E-state index contributed by atoms with van der Waals surface area (Å²) in [6, 6.07) is 13.2. The van der Waals surface area contributed by atoms with Gasteiger partial charge in [-0.15, -0.1) is 11.3 Å². The van der Waals surface area contributed by atoms with Gasteiger partial charge in [0.05, 0.1) is 33.2 Å². The second-order valence-electron chi connectivity index (χ2n) is 6.89. The molecule has 2 aromatic heterocycles. The predicted octanol–water partition coefficient (Wildman–Crippen LogP) is 5.13. The van der Waals surface area contributed by atoms with Gasteiger partial charge in [0.1, 0.15) is 11.6 Å². The van der Waals surface area contributed by atoms with Gasteiger partial charge in [-0.1, -0.05) is 35.5 Å². The lowest BCUT2D eigenvalue weighted by Gasteiger charge is -2.17. The topological polar surface area (TPSA) is 55.2 Å². The van der Waals surface area contributed by atoms with Gasteiger partial charge < -0.3 is 4.90 Å². The van der Waals surface area contributed by atoms with E-state index in [1.54, 1.807) is 37.4 Å². The van der Waals surface area contributed by atoms with Crippen molar-refractivity contribution in [3.05, 3.63) is 85.8 Å². The Bertz CT molecular complexity index is 1370. The Morgan fingerprint density at radius 2 is 1.97 bits per heavy atom. The first-order valence-electron chi connectivity index (χ1n) is 9.41. The molecule has 0 saturated heterocycles. The average Bonchev–Trinajstić information content (AvgIpc) is 3.17. The molecule has 0 spiro atoms. The number of carbonyl (C=O) groups is 1. The second-order valence-corrected chi connectivity index (χ2v) is 9.63. The third-order valence-electron chi connectivity index (χ3n) is 4.67. The zero-order chi connectivity index (χ0) is 22.8. The maximum absolute atomic E-state index is 14.5. The number of rotatable bonds is 6. The number of amides is 1. The first-order valence-corrected chi connectivity index (χ1v) is 11.6. The Morgan fingerprint density at radius 1 is 1.19 bits per heavy atom. The van der Waals surface area contributed by atoms with Crippen LogP contribution in [0.5, 0.6) is 0 Å². The summed E-state index contributed by atoms with van der Waals surface area (Å²) in [5.74, 6) is -1.88. The summed E-state index contributed by atoms with van der Waals surface area (Å²) in [6.45, 7) is 0.390. The van der Waals surface area contributed by atoms with Gasteiger partial charge in [0.15, 0.2) is 5.16 Å². The third-order valence-corrected chi connectivity index (χ3v) is 6.81. The van der Waals surface area contributed by atoms with Crippen molar-refractivity contribution in [1.82, 2.24) is 14.5 Å². The SMILES string of the molecule is CN(Cc1ccc(Cl)s1)C(=O)CSc1nc2ccccc2c(=O)n1-c1ccc(F)cc1F. The lowest BCUT2D eigenvalue weighted by molar-refractivity contribution is -0.127. The normalized spacial score (nSPS) is 11.1. The molecule has 4 rings (SSSR count). The first-order chi connectivity index (χ1) is 15.3. The molecular formula is C22H16ClF2N3O2S2. The average molecular weight is 492 g/mol. The lowest BCUT2D eigenvalue weighted by Crippen LogP contribution is -2.28. The summed E-state index contributed by atoms with van der Waals surface area (Å²) in [6.07, 6.45) is 0. The van der Waals surface area contributed by atoms with Crippen LogP contribution in [-0.4, -0.2) is 33.2 Å². The van der Waals surface area contributed by atoms with Gasteiger partial charge in [-0.25, -0.2) is 13.8 Å². The molecule has 0 N–H and O–H groups in total. The van der Waals surface area contributed by atoms with Crippen LogP contribution in [0.3, 0.4) is 0 Å². The molecule has 0 bridgehead atoms. The van der Waals surface area contributed by atoms with E-state index >= 15 is 0 Å². The highest BCUT2D eigenvalue weighted by molar-refractivity contribution is 7.99. The molecule has 0 fully saturated rings. The number of nitrogens with zero attached hydrogens (tertiary/aromatic N) is 3. The van der Waals surface area contributed by atoms with Crippen LogP contribution in [0.25, 0.3) is 16.6 Å². The van der Waals surface area contributed by atoms with Crippen LogP contribution in [-0.2, 0) is 11.3 Å². The minimum absolute atomic E-state index is 0.0246. The molecule has 0 aliphatic carbocycles. The molecule has 0 radical (unpaired) electrons. The fourth-order valence-corrected chi connectivity index (χ4v) is 5.17. The van der Waals surface area contributed by atoms with Gasteiger partial charge in [-0.2, -0.15) is 0 Å². The summed E-state index contributed by atoms with van der Waals surface area (Å²) in [7, 11) is 1.66. The van der Waals surface area contributed by atoms with Crippen LogP contribution in [0.2, 0.25) is 4.34 Å². The van der Waals surface area contributed by atoms with Gasteiger partial charge >= 0.3 is 0 Å². The number of benzene rings is 2. The Hall–Kier alpha value is -2.75. The molecule has 164 valence electrons. The van der Waals surface area contributed by atoms with Crippen LogP contribution < -0.4 is 5.56 Å². The fourth-order valence-electron chi connectivity index (χ4n) is 3.08. The van der Waals surface area contributed by atoms with E-state index in [1.165, 1.54) is 22.3 Å². The third kappa shape index (κ3) is 4.69. The summed E-state index contributed by atoms with van der Waals surface area (Å²) >= 11 is 8.34. The van der Waals surface area contributed by atoms with Gasteiger partial charge in [0, 0.05) is 18.0 Å². The molecule has 4 aromatic rings. The highest BCUT2D eigenvalue weighted by Crippen LogP contribution is 2.25. The highest BCUT2D eigenvalue weighted by Gasteiger charge is 2.19. The van der Waals surface area contributed by atoms with E-state index in [9.17, 15) is 18.4 Å². The molecule has 2 aromatic carbocycles. The molecule has 1 amide bonds. The van der Waals surface area contributed by atoms with Crippen molar-refractivity contribution in [2.24, 2.45) is 0 Å². The number of hydrogen-bond donors (Lipinski definition) is 0. The van der Waals surface area contributed by atoms with Crippen LogP contribution in [0.4, 0.5) is 8.78 Å². The number of aromatic nitrogens is 2. The maximum Gasteiger partial charge on any atom is 0.266 e. The van der Waals surface area contributed by atoms with Crippen LogP contribution in [0, 0.1) is 11.6 Å². The molecule has 5 nitrogen and oxygen atoms in total. The van der Waals surface area contributed by atoms with Crippen molar-refractivity contribution in [2.45, 2.75) is 11.7 Å². The van der Waals surface area contributed by atoms with E-state index in [0.717, 1.165) is 27.3 Å². The minimum atomic E-state index is -0.899. The van der Waals surface area contributed by atoms with E-state index < -0.39 is 17.2 Å². The number of carbonyl (C=O) groups excluding carboxylic acids is 1. The molecule has 0 unspecified atom stereocenters. The Balaban J connectivity index is 1.66. The van der Waals surface area contributed by atoms with Crippen LogP contribution >= 0.6 is 34.7 Å². The zero-order valence-corrected chi connectivity index (χ0v) is 19.1. The van der Waals surface area contributed by atoms with E-state index in [0.29, 0.717) is 27.9 Å². The van der Waals surface area contributed by atoms with Crippen molar-refractivity contribution in [3.63, 3.8) is 0 Å². The van der Waals surface area contributed by atoms with Crippen LogP contribution in [0.1, 0.15) is 4.88 Å². The zero-order valence-electron chi connectivity index (χ0n) is 16.7. The van der Waals surface area contributed by atoms with Gasteiger partial charge in [-0.05, 0) is 36.4 Å². The Labute approximate surface area is 195 Å². The first kappa shape index (κ1) is 22.4. The Morgan fingerprint density at radius 3 is 2.69 bits per heavy atom. The predicted molar refractivity (Wildman–Crippen MR) is 124 cm³/mol. The van der Waals surface area contributed by atoms with Crippen molar-refractivity contribution in [2.75, 3.05) is 12.8 Å². The molecule has 32 heavy (non-hydrogen) atoms. The van der Waals surface area contributed by atoms with E-state index in [1.807, 2.05) is 6.07 Å². The van der Waals surface area contributed by atoms with Gasteiger partial charge in [0.25, 0.3) is 5.56 Å². The highest BCUT2D eigenvalue weighted by atomic mass is 35.5. The summed E-state index contributed by atoms with van der Waals surface area (Å²) in [4.78, 5) is 32.8. The molecule has 0 aliphatic heterocycles. The lowest BCUT2D eigenvalue weighted by atomic mass is 10.2. The van der Waals surface area contributed by atoms with E-state index in [4.69, 9.17) is 11.6 Å². The number of fused-ring (bicyclic) bond motifs is 1. The fraction of sp³-hybridized carbons (Fsp3) is 0.136. The van der Waals surface area contributed by atoms with Crippen molar-refractivity contribution >= 4 is 51.5 Å². The minimum Gasteiger partial charge on any atom is -0.340 e. The quantitative estimate of drug-likeness (QED) is 0.277. The number of thioether (sulfide) groups is 1. The molecule has 0 saturated carbocycles. The summed E-state index contributed by atoms with van der Waals surface area (Å²) in [5, 5.41) is 0.429. The maximum atomic E-state index is 14.5. The van der Waals surface area contributed by atoms with Gasteiger partial charge in [-0.3, -0.25) is 14.2 Å². The summed E-state index contributed by atoms with van der Waals surface area (Å²) in [5.41, 5.74) is -0.211. The van der Waals surface area contributed by atoms with E-state index in [-0.39, 0.29) is 22.5 Å². The molecule has 10 heteroatoms. The molecule has 0 aliphatic rings. The van der Waals surface area contributed by atoms with Crippen LogP contribution in [0.15, 0.2) is 64.5 Å². The Kier molecular flexibility index (Phi) is 6.59. The second kappa shape index (κ2) is 9.40. The molecular weight excluding hydrogens is 476 g/mol. The molecule has 0 atom stereocenters. The molecule has 2 heterocycles. The standard InChI is InChI=1S/C22H16ClF2N3O2S2/c1-27(11-14-7-9-19(23)32-14)20(29)12-31-22-26-17-5-3-2-4-15(17)21(30)28(22)18-8-6-13(24)10-16(18)25/h2-10H,11-12H2,1H3. The smallest absolute Gasteiger partial charge is 0.266 e. The van der Waals surface area contributed by atoms with Crippen molar-refractivity contribution in [3.8, 4) is 5.69 Å². The number of thiophene rings is 1. The van der Waals surface area contributed by atoms with Crippen molar-refractivity contribution < 1.29 is 13.6 Å². The number of halogens is 3. The summed E-state index contributed by atoms with van der Waals surface area (Å²) < 4.78 is 29.7. The van der Waals surface area contributed by atoms with E-state index in [2.05, 4.69) is 4.98 Å².